The smallest absolute Gasteiger partial charge is 0.338 e. The van der Waals surface area contributed by atoms with Gasteiger partial charge in [0.1, 0.15) is 11.5 Å². The number of thioether (sulfide) groups is 1. The van der Waals surface area contributed by atoms with Crippen LogP contribution in [0.15, 0.2) is 64.1 Å². The van der Waals surface area contributed by atoms with E-state index in [1.165, 1.54) is 37.7 Å². The molecule has 0 aromatic heterocycles. The highest BCUT2D eigenvalue weighted by Crippen LogP contribution is 2.49. The van der Waals surface area contributed by atoms with Gasteiger partial charge in [0.05, 0.1) is 43.8 Å². The van der Waals surface area contributed by atoms with Crippen LogP contribution >= 0.6 is 11.8 Å². The maximum absolute atomic E-state index is 13.3. The number of hydrogen-bond donors (Lipinski definition) is 0. The van der Waals surface area contributed by atoms with Gasteiger partial charge in [-0.25, -0.2) is 9.79 Å². The molecule has 0 amide bonds. The Morgan fingerprint density at radius 1 is 1.05 bits per heavy atom. The highest BCUT2D eigenvalue weighted by Gasteiger charge is 2.42. The van der Waals surface area contributed by atoms with Crippen molar-refractivity contribution in [3.63, 3.8) is 0 Å². The number of rotatable bonds is 7. The van der Waals surface area contributed by atoms with Gasteiger partial charge in [0, 0.05) is 17.0 Å². The lowest BCUT2D eigenvalue weighted by Crippen LogP contribution is -2.36. The molecule has 194 valence electrons. The van der Waals surface area contributed by atoms with Crippen molar-refractivity contribution in [2.45, 2.75) is 57.9 Å². The van der Waals surface area contributed by atoms with E-state index in [9.17, 15) is 4.79 Å². The first kappa shape index (κ1) is 25.5. The van der Waals surface area contributed by atoms with E-state index >= 15 is 0 Å². The van der Waals surface area contributed by atoms with E-state index in [0.29, 0.717) is 35.3 Å². The van der Waals surface area contributed by atoms with Gasteiger partial charge in [0.15, 0.2) is 5.17 Å². The molecule has 37 heavy (non-hydrogen) atoms. The monoisotopic (exact) mass is 518 g/mol. The summed E-state index contributed by atoms with van der Waals surface area (Å²) in [6.45, 7) is 3.98. The summed E-state index contributed by atoms with van der Waals surface area (Å²) in [4.78, 5) is 20.3. The van der Waals surface area contributed by atoms with Crippen molar-refractivity contribution >= 4 is 28.6 Å². The molecule has 1 fully saturated rings. The van der Waals surface area contributed by atoms with Gasteiger partial charge in [-0.05, 0) is 55.9 Å². The molecule has 1 saturated carbocycles. The molecule has 0 bridgehead atoms. The third-order valence-electron chi connectivity index (χ3n) is 7.44. The van der Waals surface area contributed by atoms with Crippen molar-refractivity contribution in [3.05, 3.63) is 75.8 Å². The average molecular weight is 519 g/mol. The number of carbonyl (C=O) groups is 1. The second-order valence-corrected chi connectivity index (χ2v) is 10.4. The summed E-state index contributed by atoms with van der Waals surface area (Å²) in [5, 5.41) is 2.96. The Morgan fingerprint density at radius 2 is 1.81 bits per heavy atom. The molecule has 5 rings (SSSR count). The van der Waals surface area contributed by atoms with Crippen LogP contribution in [-0.2, 0) is 9.53 Å². The molecule has 0 unspecified atom stereocenters. The van der Waals surface area contributed by atoms with E-state index < -0.39 is 6.04 Å². The first-order chi connectivity index (χ1) is 18.0. The van der Waals surface area contributed by atoms with Crippen LogP contribution in [0.3, 0.4) is 0 Å². The third-order valence-corrected chi connectivity index (χ3v) is 8.28. The van der Waals surface area contributed by atoms with Gasteiger partial charge in [-0.3, -0.25) is 0 Å². The third kappa shape index (κ3) is 4.89. The Morgan fingerprint density at radius 3 is 2.49 bits per heavy atom. The average Bonchev–Trinajstić information content (AvgIpc) is 3.36. The van der Waals surface area contributed by atoms with Crippen molar-refractivity contribution in [1.29, 1.82) is 0 Å². The number of carbonyl (C=O) groups excluding carboxylic acids is 1. The first-order valence-electron chi connectivity index (χ1n) is 13.0. The van der Waals surface area contributed by atoms with Crippen LogP contribution in [0, 0.1) is 0 Å². The van der Waals surface area contributed by atoms with Gasteiger partial charge in [-0.1, -0.05) is 55.3 Å². The van der Waals surface area contributed by atoms with Crippen LogP contribution in [0.5, 0.6) is 11.5 Å². The van der Waals surface area contributed by atoms with Crippen molar-refractivity contribution < 1.29 is 19.0 Å². The Hall–Kier alpha value is -3.19. The molecule has 2 aromatic rings. The van der Waals surface area contributed by atoms with Crippen LogP contribution in [0.1, 0.15) is 74.6 Å². The number of nitrogens with zero attached hydrogens (tertiary/aromatic N) is 2. The van der Waals surface area contributed by atoms with Gasteiger partial charge in [-0.2, -0.15) is 0 Å². The molecular formula is C30H34N2O4S. The van der Waals surface area contributed by atoms with E-state index in [0.717, 1.165) is 22.0 Å². The molecule has 3 aliphatic rings. The Kier molecular flexibility index (Phi) is 7.60. The Bertz CT molecular complexity index is 1260. The zero-order valence-electron chi connectivity index (χ0n) is 22.0. The molecule has 0 spiro atoms. The zero-order valence-corrected chi connectivity index (χ0v) is 22.8. The molecule has 0 N–H and O–H groups in total. The molecule has 0 radical (unpaired) electrons. The Balaban J connectivity index is 1.57. The summed E-state index contributed by atoms with van der Waals surface area (Å²) < 4.78 is 16.7. The van der Waals surface area contributed by atoms with Gasteiger partial charge >= 0.3 is 5.97 Å². The summed E-state index contributed by atoms with van der Waals surface area (Å²) in [6.07, 6.45) is 6.52. The standard InChI is InChI=1S/C30H34N2O4S/c1-5-36-29(33)27-19(2)31-30-32(28(27)24-16-15-23(34-3)17-26(24)35-4)25(18-37-30)22-13-11-21(12-14-22)20-9-7-6-8-10-20/h11-18,20,28H,5-10H2,1-4H3/t28-/m1/s1. The molecular weight excluding hydrogens is 484 g/mol. The van der Waals surface area contributed by atoms with Crippen LogP contribution < -0.4 is 9.47 Å². The summed E-state index contributed by atoms with van der Waals surface area (Å²) in [5.74, 6) is 1.62. The quantitative estimate of drug-likeness (QED) is 0.366. The minimum atomic E-state index is -0.452. The van der Waals surface area contributed by atoms with Gasteiger partial charge in [-0.15, -0.1) is 0 Å². The van der Waals surface area contributed by atoms with Crippen LogP contribution in [0.4, 0.5) is 0 Å². The Labute approximate surface area is 223 Å². The lowest BCUT2D eigenvalue weighted by molar-refractivity contribution is -0.139. The number of allylic oxidation sites excluding steroid dienone is 1. The maximum Gasteiger partial charge on any atom is 0.338 e. The van der Waals surface area contributed by atoms with Crippen LogP contribution in [0.2, 0.25) is 0 Å². The van der Waals surface area contributed by atoms with Crippen LogP contribution in [-0.4, -0.2) is 36.9 Å². The highest BCUT2D eigenvalue weighted by atomic mass is 32.2. The van der Waals surface area contributed by atoms with E-state index in [4.69, 9.17) is 19.2 Å². The molecule has 7 heteroatoms. The highest BCUT2D eigenvalue weighted by molar-refractivity contribution is 8.16. The molecule has 0 saturated heterocycles. The minimum absolute atomic E-state index is 0.290. The summed E-state index contributed by atoms with van der Waals surface area (Å²) >= 11 is 1.57. The molecule has 6 nitrogen and oxygen atoms in total. The fourth-order valence-electron chi connectivity index (χ4n) is 5.56. The minimum Gasteiger partial charge on any atom is -0.497 e. The SMILES string of the molecule is CCOC(=O)C1=C(C)N=C2SC=C(c3ccc(C4CCCCC4)cc3)N2[C@@H]1c1ccc(OC)cc1OC. The lowest BCUT2D eigenvalue weighted by atomic mass is 9.84. The maximum atomic E-state index is 13.3. The number of fused-ring (bicyclic) bond motifs is 1. The number of benzene rings is 2. The number of methoxy groups -OCH3 is 2. The number of ether oxygens (including phenoxy) is 3. The fraction of sp³-hybridized carbons (Fsp3) is 0.400. The molecule has 1 aliphatic carbocycles. The van der Waals surface area contributed by atoms with E-state index in [1.807, 2.05) is 32.0 Å². The van der Waals surface area contributed by atoms with E-state index in [-0.39, 0.29) is 5.97 Å². The zero-order chi connectivity index (χ0) is 25.9. The van der Waals surface area contributed by atoms with Gasteiger partial charge < -0.3 is 19.1 Å². The molecule has 2 aromatic carbocycles. The van der Waals surface area contributed by atoms with E-state index in [2.05, 4.69) is 34.6 Å². The predicted octanol–water partition coefficient (Wildman–Crippen LogP) is 7.05. The topological polar surface area (TPSA) is 60.4 Å². The molecule has 1 atom stereocenters. The van der Waals surface area contributed by atoms with Gasteiger partial charge in [0.25, 0.3) is 0 Å². The predicted molar refractivity (Wildman–Crippen MR) is 149 cm³/mol. The summed E-state index contributed by atoms with van der Waals surface area (Å²) in [7, 11) is 3.26. The lowest BCUT2D eigenvalue weighted by Gasteiger charge is -2.37. The normalized spacial score (nSPS) is 19.8. The number of hydrogen-bond acceptors (Lipinski definition) is 7. The van der Waals surface area contributed by atoms with E-state index in [1.54, 1.807) is 26.0 Å². The van der Waals surface area contributed by atoms with Gasteiger partial charge in [0.2, 0.25) is 0 Å². The number of esters is 1. The van der Waals surface area contributed by atoms with Crippen molar-refractivity contribution in [3.8, 4) is 11.5 Å². The largest absolute Gasteiger partial charge is 0.497 e. The van der Waals surface area contributed by atoms with Crippen molar-refractivity contribution in [2.75, 3.05) is 20.8 Å². The second-order valence-electron chi connectivity index (χ2n) is 9.57. The van der Waals surface area contributed by atoms with Crippen molar-refractivity contribution in [2.24, 2.45) is 4.99 Å². The first-order valence-corrected chi connectivity index (χ1v) is 13.9. The molecule has 2 aliphatic heterocycles. The summed E-state index contributed by atoms with van der Waals surface area (Å²) in [6, 6.07) is 14.2. The van der Waals surface area contributed by atoms with Crippen LogP contribution in [0.25, 0.3) is 5.70 Å². The second kappa shape index (κ2) is 11.1. The summed E-state index contributed by atoms with van der Waals surface area (Å²) in [5.41, 5.74) is 5.54. The van der Waals surface area contributed by atoms with Crippen molar-refractivity contribution in [1.82, 2.24) is 4.90 Å². The molecule has 2 heterocycles. The number of amidine groups is 1. The fourth-order valence-corrected chi connectivity index (χ4v) is 6.54. The number of aliphatic imine (C=N–C) groups is 1.